The second kappa shape index (κ2) is 10.8. The van der Waals surface area contributed by atoms with E-state index >= 15 is 0 Å². The summed E-state index contributed by atoms with van der Waals surface area (Å²) in [6.07, 6.45) is -1.35. The first-order valence-electron chi connectivity index (χ1n) is 11.4. The van der Waals surface area contributed by atoms with Crippen LogP contribution in [0, 0.1) is 0 Å². The van der Waals surface area contributed by atoms with E-state index in [1.807, 2.05) is 0 Å². The highest BCUT2D eigenvalue weighted by Gasteiger charge is 2.30. The van der Waals surface area contributed by atoms with Crippen LogP contribution in [0.25, 0.3) is 11.3 Å². The average Bonchev–Trinajstić information content (AvgIpc) is 2.88. The third-order valence-electron chi connectivity index (χ3n) is 5.83. The highest BCUT2D eigenvalue weighted by Crippen LogP contribution is 2.29. The SMILES string of the molecule is Nc1ncc(-c2cccc(CNS(=O)(=O)c3ccc(C(F)(F)F)cc3)c2)nc1C(=O)N[C@H]1CCCNC1. The van der Waals surface area contributed by atoms with E-state index in [1.54, 1.807) is 24.3 Å². The van der Waals surface area contributed by atoms with Crippen LogP contribution in [0.2, 0.25) is 0 Å². The second-order valence-electron chi connectivity index (χ2n) is 8.55. The van der Waals surface area contributed by atoms with Gasteiger partial charge in [0, 0.05) is 24.7 Å². The number of nitrogens with two attached hydrogens (primary N) is 1. The van der Waals surface area contributed by atoms with Crippen LogP contribution in [-0.2, 0) is 22.7 Å². The van der Waals surface area contributed by atoms with Gasteiger partial charge in [0.25, 0.3) is 5.91 Å². The molecule has 13 heteroatoms. The Labute approximate surface area is 211 Å². The lowest BCUT2D eigenvalue weighted by molar-refractivity contribution is -0.137. The standard InChI is InChI=1S/C24H25F3N6O3S/c25-24(26,27)17-6-8-19(9-7-17)37(35,36)31-12-15-3-1-4-16(11-15)20-14-30-22(28)21(33-20)23(34)32-18-5-2-10-29-13-18/h1,3-4,6-9,11,14,18,29,31H,2,5,10,12-13H2,(H2,28,30)(H,32,34)/t18-/m0/s1. The number of nitrogen functional groups attached to an aromatic ring is 1. The number of rotatable bonds is 7. The van der Waals surface area contributed by atoms with Crippen LogP contribution in [0.1, 0.15) is 34.5 Å². The Morgan fingerprint density at radius 2 is 1.92 bits per heavy atom. The third kappa shape index (κ3) is 6.61. The number of hydrogen-bond acceptors (Lipinski definition) is 7. The van der Waals surface area contributed by atoms with Crippen LogP contribution in [0.5, 0.6) is 0 Å². The zero-order valence-corrected chi connectivity index (χ0v) is 20.4. The molecule has 0 saturated carbocycles. The van der Waals surface area contributed by atoms with Crippen molar-refractivity contribution in [3.8, 4) is 11.3 Å². The molecule has 2 heterocycles. The molecule has 0 spiro atoms. The van der Waals surface area contributed by atoms with Crippen molar-refractivity contribution in [1.82, 2.24) is 25.3 Å². The summed E-state index contributed by atoms with van der Waals surface area (Å²) in [4.78, 5) is 20.9. The molecule has 0 unspecified atom stereocenters. The summed E-state index contributed by atoms with van der Waals surface area (Å²) < 4.78 is 65.8. The van der Waals surface area contributed by atoms with E-state index in [0.717, 1.165) is 31.5 Å². The molecule has 0 aliphatic carbocycles. The normalized spacial score (nSPS) is 16.4. The molecular formula is C24H25F3N6O3S. The van der Waals surface area contributed by atoms with Crippen molar-refractivity contribution in [3.63, 3.8) is 0 Å². The number of alkyl halides is 3. The van der Waals surface area contributed by atoms with Gasteiger partial charge in [-0.2, -0.15) is 13.2 Å². The Bertz CT molecular complexity index is 1380. The Morgan fingerprint density at radius 1 is 1.16 bits per heavy atom. The molecule has 2 aromatic carbocycles. The van der Waals surface area contributed by atoms with Crippen molar-refractivity contribution in [3.05, 3.63) is 71.5 Å². The summed E-state index contributed by atoms with van der Waals surface area (Å²) in [6, 6.07) is 9.95. The van der Waals surface area contributed by atoms with Crippen molar-refractivity contribution < 1.29 is 26.4 Å². The smallest absolute Gasteiger partial charge is 0.382 e. The number of anilines is 1. The minimum Gasteiger partial charge on any atom is -0.382 e. The number of hydrogen-bond donors (Lipinski definition) is 4. The highest BCUT2D eigenvalue weighted by molar-refractivity contribution is 7.89. The fourth-order valence-corrected chi connectivity index (χ4v) is 4.88. The molecule has 1 aliphatic heterocycles. The van der Waals surface area contributed by atoms with Crippen LogP contribution < -0.4 is 21.1 Å². The maximum Gasteiger partial charge on any atom is 0.416 e. The Balaban J connectivity index is 1.47. The molecule has 1 saturated heterocycles. The van der Waals surface area contributed by atoms with E-state index in [9.17, 15) is 26.4 Å². The number of carbonyl (C=O) groups is 1. The summed E-state index contributed by atoms with van der Waals surface area (Å²) in [7, 11) is -4.06. The number of aromatic nitrogens is 2. The summed E-state index contributed by atoms with van der Waals surface area (Å²) in [6.45, 7) is 1.44. The Morgan fingerprint density at radius 3 is 2.59 bits per heavy atom. The number of amides is 1. The maximum absolute atomic E-state index is 12.8. The fourth-order valence-electron chi connectivity index (χ4n) is 3.86. The topological polar surface area (TPSA) is 139 Å². The molecule has 1 amide bonds. The first-order chi connectivity index (χ1) is 17.5. The number of carbonyl (C=O) groups excluding carboxylic acids is 1. The highest BCUT2D eigenvalue weighted by atomic mass is 32.2. The first-order valence-corrected chi connectivity index (χ1v) is 12.9. The third-order valence-corrected chi connectivity index (χ3v) is 7.25. The van der Waals surface area contributed by atoms with Gasteiger partial charge in [-0.3, -0.25) is 4.79 Å². The van der Waals surface area contributed by atoms with Gasteiger partial charge in [0.1, 0.15) is 0 Å². The lowest BCUT2D eigenvalue weighted by atomic mass is 10.1. The van der Waals surface area contributed by atoms with Gasteiger partial charge in [0.15, 0.2) is 11.5 Å². The number of sulfonamides is 1. The van der Waals surface area contributed by atoms with Crippen LogP contribution in [-0.4, -0.2) is 43.4 Å². The molecule has 0 radical (unpaired) electrons. The van der Waals surface area contributed by atoms with Crippen molar-refractivity contribution in [2.45, 2.75) is 36.5 Å². The van der Waals surface area contributed by atoms with Gasteiger partial charge in [-0.25, -0.2) is 23.1 Å². The van der Waals surface area contributed by atoms with Crippen LogP contribution in [0.15, 0.2) is 59.6 Å². The zero-order valence-electron chi connectivity index (χ0n) is 19.5. The van der Waals surface area contributed by atoms with Gasteiger partial charge >= 0.3 is 6.18 Å². The molecule has 4 rings (SSSR count). The summed E-state index contributed by atoms with van der Waals surface area (Å²) in [5.74, 6) is -0.438. The predicted octanol–water partition coefficient (Wildman–Crippen LogP) is 2.70. The summed E-state index contributed by atoms with van der Waals surface area (Å²) in [5.41, 5.74) is 6.46. The van der Waals surface area contributed by atoms with Crippen molar-refractivity contribution >= 4 is 21.7 Å². The zero-order chi connectivity index (χ0) is 26.6. The second-order valence-corrected chi connectivity index (χ2v) is 10.3. The van der Waals surface area contributed by atoms with Gasteiger partial charge in [0.05, 0.1) is 22.3 Å². The Hall–Kier alpha value is -3.55. The molecular weight excluding hydrogens is 509 g/mol. The van der Waals surface area contributed by atoms with Gasteiger partial charge in [-0.15, -0.1) is 0 Å². The largest absolute Gasteiger partial charge is 0.416 e. The monoisotopic (exact) mass is 534 g/mol. The van der Waals surface area contributed by atoms with Gasteiger partial charge < -0.3 is 16.4 Å². The minimum atomic E-state index is -4.56. The molecule has 1 atom stereocenters. The fraction of sp³-hybridized carbons (Fsp3) is 0.292. The van der Waals surface area contributed by atoms with E-state index in [-0.39, 0.29) is 29.0 Å². The number of nitrogens with one attached hydrogen (secondary N) is 3. The number of piperidine rings is 1. The van der Waals surface area contributed by atoms with E-state index in [2.05, 4.69) is 25.3 Å². The van der Waals surface area contributed by atoms with Gasteiger partial charge in [0.2, 0.25) is 10.0 Å². The quantitative estimate of drug-likeness (QED) is 0.366. The maximum atomic E-state index is 12.8. The molecule has 37 heavy (non-hydrogen) atoms. The molecule has 1 aliphatic rings. The molecule has 5 N–H and O–H groups in total. The van der Waals surface area contributed by atoms with E-state index in [4.69, 9.17) is 5.73 Å². The van der Waals surface area contributed by atoms with Crippen LogP contribution in [0.4, 0.5) is 19.0 Å². The molecule has 9 nitrogen and oxygen atoms in total. The molecule has 1 aromatic heterocycles. The lowest BCUT2D eigenvalue weighted by Gasteiger charge is -2.23. The molecule has 3 aromatic rings. The summed E-state index contributed by atoms with van der Waals surface area (Å²) >= 11 is 0. The van der Waals surface area contributed by atoms with E-state index in [0.29, 0.717) is 35.5 Å². The van der Waals surface area contributed by atoms with Crippen LogP contribution in [0.3, 0.4) is 0 Å². The number of halogens is 3. The van der Waals surface area contributed by atoms with Crippen molar-refractivity contribution in [2.75, 3.05) is 18.8 Å². The minimum absolute atomic E-state index is 0.00326. The number of nitrogens with zero attached hydrogens (tertiary/aromatic N) is 2. The first kappa shape index (κ1) is 26.5. The average molecular weight is 535 g/mol. The van der Waals surface area contributed by atoms with Crippen molar-refractivity contribution in [1.29, 1.82) is 0 Å². The van der Waals surface area contributed by atoms with Gasteiger partial charge in [-0.05, 0) is 55.3 Å². The van der Waals surface area contributed by atoms with Gasteiger partial charge in [-0.1, -0.05) is 18.2 Å². The summed E-state index contributed by atoms with van der Waals surface area (Å²) in [5, 5.41) is 6.12. The lowest BCUT2D eigenvalue weighted by Crippen LogP contribution is -2.46. The predicted molar refractivity (Wildman–Crippen MR) is 131 cm³/mol. The van der Waals surface area contributed by atoms with Crippen LogP contribution >= 0.6 is 0 Å². The van der Waals surface area contributed by atoms with E-state index in [1.165, 1.54) is 6.20 Å². The molecule has 1 fully saturated rings. The van der Waals surface area contributed by atoms with E-state index < -0.39 is 27.7 Å². The Kier molecular flexibility index (Phi) is 7.76. The molecule has 0 bridgehead atoms. The number of benzene rings is 2. The molecule has 196 valence electrons. The van der Waals surface area contributed by atoms with Crippen molar-refractivity contribution in [2.24, 2.45) is 0 Å².